The second kappa shape index (κ2) is 8.27. The molecule has 0 radical (unpaired) electrons. The van der Waals surface area contributed by atoms with E-state index in [1.54, 1.807) is 10.1 Å². The molecule has 0 unspecified atom stereocenters. The molecule has 7 nitrogen and oxygen atoms in total. The molecule has 8 heteroatoms. The highest BCUT2D eigenvalue weighted by Crippen LogP contribution is 2.60. The zero-order valence-electron chi connectivity index (χ0n) is 19.7. The Kier molecular flexibility index (Phi) is 4.99. The standard InChI is InChI=1S/C28H26N4O3S/c33-16-35-24-15-36-27(30-24)32-23-11-21(6-7-22(23)25(31-32)20-4-2-1-3-5-20)29-26(34)28-12-17-8-18(13-28)10-19(9-17)14-28/h1-7,11,15-19H,8-10,12-14H2,(H,29,34). The van der Waals surface area contributed by atoms with E-state index < -0.39 is 0 Å². The van der Waals surface area contributed by atoms with Crippen molar-refractivity contribution in [2.45, 2.75) is 38.5 Å². The van der Waals surface area contributed by atoms with Crippen LogP contribution in [0.2, 0.25) is 0 Å². The summed E-state index contributed by atoms with van der Waals surface area (Å²) in [6.45, 7) is 0.369. The van der Waals surface area contributed by atoms with Gasteiger partial charge in [-0.3, -0.25) is 9.59 Å². The van der Waals surface area contributed by atoms with Gasteiger partial charge in [0.25, 0.3) is 6.47 Å². The number of ether oxygens (including phenoxy) is 1. The lowest BCUT2D eigenvalue weighted by molar-refractivity contribution is -0.140. The number of fused-ring (bicyclic) bond motifs is 1. The Morgan fingerprint density at radius 3 is 2.47 bits per heavy atom. The van der Waals surface area contributed by atoms with E-state index in [0.29, 0.717) is 29.4 Å². The van der Waals surface area contributed by atoms with E-state index in [9.17, 15) is 9.59 Å². The smallest absolute Gasteiger partial charge is 0.299 e. The Morgan fingerprint density at radius 1 is 1.06 bits per heavy atom. The molecule has 2 aromatic heterocycles. The van der Waals surface area contributed by atoms with Crippen molar-refractivity contribution in [3.63, 3.8) is 0 Å². The lowest BCUT2D eigenvalue weighted by Gasteiger charge is -2.55. The highest BCUT2D eigenvalue weighted by Gasteiger charge is 2.54. The minimum absolute atomic E-state index is 0.172. The summed E-state index contributed by atoms with van der Waals surface area (Å²) in [6, 6.07) is 16.0. The van der Waals surface area contributed by atoms with Gasteiger partial charge in [-0.1, -0.05) is 41.7 Å². The molecule has 2 aromatic carbocycles. The number of carbonyl (C=O) groups excluding carboxylic acids is 2. The van der Waals surface area contributed by atoms with Crippen LogP contribution in [-0.4, -0.2) is 27.1 Å². The van der Waals surface area contributed by atoms with Gasteiger partial charge in [0.15, 0.2) is 0 Å². The number of benzene rings is 2. The molecule has 4 aliphatic carbocycles. The fourth-order valence-electron chi connectivity index (χ4n) is 7.25. The number of carbonyl (C=O) groups is 2. The maximum Gasteiger partial charge on any atom is 0.299 e. The van der Waals surface area contributed by atoms with Crippen LogP contribution in [0.15, 0.2) is 53.9 Å². The van der Waals surface area contributed by atoms with Crippen molar-refractivity contribution in [1.82, 2.24) is 14.8 Å². The van der Waals surface area contributed by atoms with E-state index in [1.807, 2.05) is 48.5 Å². The van der Waals surface area contributed by atoms with Crippen LogP contribution < -0.4 is 10.1 Å². The van der Waals surface area contributed by atoms with Gasteiger partial charge in [0.2, 0.25) is 16.9 Å². The van der Waals surface area contributed by atoms with Gasteiger partial charge in [-0.05, 0) is 74.5 Å². The summed E-state index contributed by atoms with van der Waals surface area (Å²) in [5, 5.41) is 11.4. The maximum atomic E-state index is 13.7. The van der Waals surface area contributed by atoms with Gasteiger partial charge in [-0.2, -0.15) is 10.1 Å². The minimum Gasteiger partial charge on any atom is -0.409 e. The molecular weight excluding hydrogens is 472 g/mol. The summed E-state index contributed by atoms with van der Waals surface area (Å²) in [5.74, 6) is 2.55. The first-order chi connectivity index (χ1) is 17.6. The second-order valence-corrected chi connectivity index (χ2v) is 11.5. The summed E-state index contributed by atoms with van der Waals surface area (Å²) in [5.41, 5.74) is 3.22. The van der Waals surface area contributed by atoms with Crippen LogP contribution in [0.5, 0.6) is 5.88 Å². The molecule has 0 atom stereocenters. The number of hydrogen-bond donors (Lipinski definition) is 1. The number of nitrogens with zero attached hydrogens (tertiary/aromatic N) is 3. The van der Waals surface area contributed by atoms with E-state index >= 15 is 0 Å². The van der Waals surface area contributed by atoms with Crippen LogP contribution in [0.3, 0.4) is 0 Å². The molecule has 182 valence electrons. The lowest BCUT2D eigenvalue weighted by atomic mass is 9.49. The van der Waals surface area contributed by atoms with E-state index in [0.717, 1.165) is 47.1 Å². The summed E-state index contributed by atoms with van der Waals surface area (Å²) >= 11 is 1.34. The zero-order valence-corrected chi connectivity index (χ0v) is 20.5. The van der Waals surface area contributed by atoms with E-state index in [-0.39, 0.29) is 17.2 Å². The number of aromatic nitrogens is 3. The van der Waals surface area contributed by atoms with Gasteiger partial charge in [0.1, 0.15) is 5.69 Å². The molecule has 4 saturated carbocycles. The molecule has 4 bridgehead atoms. The van der Waals surface area contributed by atoms with Crippen LogP contribution in [0, 0.1) is 23.2 Å². The number of thiazole rings is 1. The first-order valence-electron chi connectivity index (χ1n) is 12.6. The fourth-order valence-corrected chi connectivity index (χ4v) is 7.95. The average Bonchev–Trinajstić information content (AvgIpc) is 3.48. The highest BCUT2D eigenvalue weighted by atomic mass is 32.1. The molecule has 2 heterocycles. The minimum atomic E-state index is -0.213. The van der Waals surface area contributed by atoms with Gasteiger partial charge in [-0.25, -0.2) is 4.68 Å². The van der Waals surface area contributed by atoms with Crippen molar-refractivity contribution < 1.29 is 14.3 Å². The maximum absolute atomic E-state index is 13.7. The third-order valence-electron chi connectivity index (χ3n) is 8.33. The predicted octanol–water partition coefficient (Wildman–Crippen LogP) is 5.84. The van der Waals surface area contributed by atoms with Gasteiger partial charge in [-0.15, -0.1) is 0 Å². The molecule has 4 aliphatic rings. The van der Waals surface area contributed by atoms with Gasteiger partial charge in [0.05, 0.1) is 16.3 Å². The number of nitrogens with one attached hydrogen (secondary N) is 1. The Hall–Kier alpha value is -3.52. The van der Waals surface area contributed by atoms with Crippen LogP contribution >= 0.6 is 11.3 Å². The quantitative estimate of drug-likeness (QED) is 0.338. The van der Waals surface area contributed by atoms with Crippen molar-refractivity contribution >= 4 is 40.3 Å². The normalized spacial score (nSPS) is 26.3. The Labute approximate surface area is 212 Å². The molecular formula is C28H26N4O3S. The molecule has 1 amide bonds. The number of anilines is 1. The van der Waals surface area contributed by atoms with E-state index in [2.05, 4.69) is 10.3 Å². The topological polar surface area (TPSA) is 86.1 Å². The largest absolute Gasteiger partial charge is 0.409 e. The lowest BCUT2D eigenvalue weighted by Crippen LogP contribution is -2.51. The summed E-state index contributed by atoms with van der Waals surface area (Å²) in [4.78, 5) is 28.9. The summed E-state index contributed by atoms with van der Waals surface area (Å²) in [6.07, 6.45) is 7.02. The second-order valence-electron chi connectivity index (χ2n) is 10.7. The monoisotopic (exact) mass is 498 g/mol. The van der Waals surface area contributed by atoms with Gasteiger partial charge in [0, 0.05) is 16.6 Å². The molecule has 8 rings (SSSR count). The fraction of sp³-hybridized carbons (Fsp3) is 0.357. The predicted molar refractivity (Wildman–Crippen MR) is 138 cm³/mol. The van der Waals surface area contributed by atoms with Crippen LogP contribution in [0.1, 0.15) is 38.5 Å². The number of amides is 1. The molecule has 0 saturated heterocycles. The van der Waals surface area contributed by atoms with Crippen LogP contribution in [0.25, 0.3) is 27.3 Å². The average molecular weight is 499 g/mol. The first-order valence-corrected chi connectivity index (χ1v) is 13.4. The van der Waals surface area contributed by atoms with Crippen LogP contribution in [-0.2, 0) is 9.59 Å². The van der Waals surface area contributed by atoms with Crippen LogP contribution in [0.4, 0.5) is 5.69 Å². The Morgan fingerprint density at radius 2 is 1.78 bits per heavy atom. The van der Waals surface area contributed by atoms with Crippen molar-refractivity contribution in [2.24, 2.45) is 23.2 Å². The Bertz CT molecular complexity index is 1440. The SMILES string of the molecule is O=COc1csc(-n2nc(-c3ccccc3)c3ccc(NC(=O)C45CC6CC(CC(C6)C4)C5)cc32)n1. The zero-order chi connectivity index (χ0) is 24.3. The molecule has 0 spiro atoms. The van der Waals surface area contributed by atoms with Gasteiger partial charge < -0.3 is 10.1 Å². The van der Waals surface area contributed by atoms with E-state index in [1.165, 1.54) is 30.6 Å². The van der Waals surface area contributed by atoms with Crippen molar-refractivity contribution in [1.29, 1.82) is 0 Å². The summed E-state index contributed by atoms with van der Waals surface area (Å²) in [7, 11) is 0. The van der Waals surface area contributed by atoms with Crippen molar-refractivity contribution in [2.75, 3.05) is 5.32 Å². The number of hydrogen-bond acceptors (Lipinski definition) is 6. The molecule has 4 aromatic rings. The van der Waals surface area contributed by atoms with Crippen molar-refractivity contribution in [3.8, 4) is 22.3 Å². The molecule has 1 N–H and O–H groups in total. The van der Waals surface area contributed by atoms with Crippen molar-refractivity contribution in [3.05, 3.63) is 53.9 Å². The third kappa shape index (κ3) is 3.54. The third-order valence-corrected chi connectivity index (χ3v) is 9.12. The molecule has 0 aliphatic heterocycles. The molecule has 36 heavy (non-hydrogen) atoms. The van der Waals surface area contributed by atoms with E-state index in [4.69, 9.17) is 9.84 Å². The highest BCUT2D eigenvalue weighted by molar-refractivity contribution is 7.12. The number of rotatable bonds is 6. The van der Waals surface area contributed by atoms with Gasteiger partial charge >= 0.3 is 0 Å². The molecule has 4 fully saturated rings. The Balaban J connectivity index is 1.27. The first kappa shape index (κ1) is 21.7. The summed E-state index contributed by atoms with van der Waals surface area (Å²) < 4.78 is 6.69.